The number of aliphatic imine (C=N–C) groups is 1. The predicted molar refractivity (Wildman–Crippen MR) is 87.2 cm³/mol. The van der Waals surface area contributed by atoms with Crippen molar-refractivity contribution in [1.82, 2.24) is 4.90 Å². The molecule has 0 saturated heterocycles. The number of benzene rings is 1. The van der Waals surface area contributed by atoms with Gasteiger partial charge in [-0.05, 0) is 61.1 Å². The number of hydrogen-bond donors (Lipinski definition) is 0. The van der Waals surface area contributed by atoms with Gasteiger partial charge in [0.05, 0.1) is 6.04 Å². The van der Waals surface area contributed by atoms with E-state index >= 15 is 0 Å². The van der Waals surface area contributed by atoms with E-state index in [1.807, 2.05) is 12.1 Å². The van der Waals surface area contributed by atoms with Gasteiger partial charge in [0, 0.05) is 16.9 Å². The van der Waals surface area contributed by atoms with Crippen molar-refractivity contribution in [3.05, 3.63) is 70.5 Å². The van der Waals surface area contributed by atoms with Crippen LogP contribution in [0.5, 0.6) is 0 Å². The van der Waals surface area contributed by atoms with Crippen LogP contribution in [-0.4, -0.2) is 10.7 Å². The Hall–Kier alpha value is -1.80. The molecule has 0 saturated carbocycles. The van der Waals surface area contributed by atoms with Crippen LogP contribution in [0.3, 0.4) is 0 Å². The fourth-order valence-corrected chi connectivity index (χ4v) is 3.53. The molecule has 4 rings (SSSR count). The summed E-state index contributed by atoms with van der Waals surface area (Å²) in [6, 6.07) is 8.51. The summed E-state index contributed by atoms with van der Waals surface area (Å²) in [5.41, 5.74) is 4.07. The minimum Gasteiger partial charge on any atom is -0.322 e. The maximum Gasteiger partial charge on any atom is 0.133 e. The molecule has 1 atom stereocenters. The molecule has 21 heavy (non-hydrogen) atoms. The van der Waals surface area contributed by atoms with Crippen LogP contribution in [0.4, 0.5) is 0 Å². The molecule has 0 fully saturated rings. The van der Waals surface area contributed by atoms with Crippen molar-refractivity contribution in [3.8, 4) is 0 Å². The predicted octanol–water partition coefficient (Wildman–Crippen LogP) is 5.01. The van der Waals surface area contributed by atoms with Crippen LogP contribution in [0.25, 0.3) is 0 Å². The van der Waals surface area contributed by atoms with E-state index in [2.05, 4.69) is 41.5 Å². The zero-order chi connectivity index (χ0) is 14.2. The molecule has 3 heteroatoms. The zero-order valence-electron chi connectivity index (χ0n) is 11.8. The summed E-state index contributed by atoms with van der Waals surface area (Å²) in [5, 5.41) is 0.787. The number of halogens is 1. The van der Waals surface area contributed by atoms with Gasteiger partial charge in [-0.1, -0.05) is 29.8 Å². The van der Waals surface area contributed by atoms with Crippen molar-refractivity contribution in [2.75, 3.05) is 0 Å². The molecule has 0 N–H and O–H groups in total. The maximum atomic E-state index is 6.05. The van der Waals surface area contributed by atoms with Crippen molar-refractivity contribution in [2.45, 2.75) is 31.7 Å². The number of fused-ring (bicyclic) bond motifs is 1. The lowest BCUT2D eigenvalue weighted by Crippen LogP contribution is -2.35. The summed E-state index contributed by atoms with van der Waals surface area (Å²) >= 11 is 6.05. The average molecular weight is 297 g/mol. The normalized spacial score (nSPS) is 23.8. The van der Waals surface area contributed by atoms with Gasteiger partial charge in [0.1, 0.15) is 5.84 Å². The molecule has 106 valence electrons. The summed E-state index contributed by atoms with van der Waals surface area (Å²) < 4.78 is 0. The Balaban J connectivity index is 1.84. The van der Waals surface area contributed by atoms with E-state index in [0.29, 0.717) is 0 Å². The van der Waals surface area contributed by atoms with E-state index in [9.17, 15) is 0 Å². The van der Waals surface area contributed by atoms with Gasteiger partial charge < -0.3 is 4.90 Å². The van der Waals surface area contributed by atoms with Crippen LogP contribution < -0.4 is 0 Å². The summed E-state index contributed by atoms with van der Waals surface area (Å²) in [6.07, 6.45) is 13.1. The van der Waals surface area contributed by atoms with Crippen molar-refractivity contribution in [2.24, 2.45) is 4.99 Å². The highest BCUT2D eigenvalue weighted by atomic mass is 35.5. The Bertz CT molecular complexity index is 680. The summed E-state index contributed by atoms with van der Waals surface area (Å²) in [4.78, 5) is 7.16. The lowest BCUT2D eigenvalue weighted by molar-refractivity contribution is 0.420. The number of amidine groups is 1. The van der Waals surface area contributed by atoms with E-state index < -0.39 is 0 Å². The largest absolute Gasteiger partial charge is 0.322 e. The van der Waals surface area contributed by atoms with Crippen LogP contribution in [0.2, 0.25) is 5.02 Å². The summed E-state index contributed by atoms with van der Waals surface area (Å²) in [5.74, 6) is 1.05. The van der Waals surface area contributed by atoms with Crippen LogP contribution >= 0.6 is 11.6 Å². The molecular formula is C18H17ClN2. The van der Waals surface area contributed by atoms with Gasteiger partial charge in [0.2, 0.25) is 0 Å². The van der Waals surface area contributed by atoms with Gasteiger partial charge in [-0.3, -0.25) is 0 Å². The third kappa shape index (κ3) is 2.24. The number of rotatable bonds is 1. The van der Waals surface area contributed by atoms with Crippen molar-refractivity contribution in [3.63, 3.8) is 0 Å². The Morgan fingerprint density at radius 3 is 2.71 bits per heavy atom. The van der Waals surface area contributed by atoms with E-state index in [-0.39, 0.29) is 6.04 Å². The second-order valence-corrected chi connectivity index (χ2v) is 6.15. The smallest absolute Gasteiger partial charge is 0.133 e. The Kier molecular flexibility index (Phi) is 3.19. The third-order valence-corrected chi connectivity index (χ3v) is 4.64. The van der Waals surface area contributed by atoms with Gasteiger partial charge in [0.15, 0.2) is 0 Å². The first-order valence-corrected chi connectivity index (χ1v) is 7.90. The molecule has 2 heterocycles. The Morgan fingerprint density at radius 1 is 1.05 bits per heavy atom. The first kappa shape index (κ1) is 12.9. The first-order valence-electron chi connectivity index (χ1n) is 7.52. The molecule has 0 bridgehead atoms. The van der Waals surface area contributed by atoms with Crippen LogP contribution in [0, 0.1) is 0 Å². The highest BCUT2D eigenvalue weighted by Gasteiger charge is 2.32. The number of allylic oxidation sites excluding steroid dienone is 3. The standard InChI is InChI=1S/C18H17ClN2/c19-14-10-8-13(9-11-14)18-15-5-1-2-6-16(15)20-17-7-3-4-12-21(17)18/h3-4,7-12,18H,1-2,5-6H2. The second-order valence-electron chi connectivity index (χ2n) is 5.71. The van der Waals surface area contributed by atoms with E-state index in [1.165, 1.54) is 29.7 Å². The minimum absolute atomic E-state index is 0.270. The Morgan fingerprint density at radius 2 is 1.86 bits per heavy atom. The van der Waals surface area contributed by atoms with Crippen LogP contribution in [0.1, 0.15) is 37.3 Å². The Labute approximate surface area is 130 Å². The molecule has 0 amide bonds. The van der Waals surface area contributed by atoms with Gasteiger partial charge >= 0.3 is 0 Å². The highest BCUT2D eigenvalue weighted by molar-refractivity contribution is 6.30. The van der Waals surface area contributed by atoms with Gasteiger partial charge in [-0.15, -0.1) is 0 Å². The van der Waals surface area contributed by atoms with E-state index in [1.54, 1.807) is 0 Å². The van der Waals surface area contributed by atoms with Crippen molar-refractivity contribution in [1.29, 1.82) is 0 Å². The number of nitrogens with zero attached hydrogens (tertiary/aromatic N) is 2. The maximum absolute atomic E-state index is 6.05. The van der Waals surface area contributed by atoms with E-state index in [0.717, 1.165) is 23.7 Å². The molecule has 0 spiro atoms. The monoisotopic (exact) mass is 296 g/mol. The lowest BCUT2D eigenvalue weighted by Gasteiger charge is -2.39. The molecule has 2 aliphatic heterocycles. The minimum atomic E-state index is 0.270. The quantitative estimate of drug-likeness (QED) is 0.711. The fourth-order valence-electron chi connectivity index (χ4n) is 3.41. The first-order chi connectivity index (χ1) is 10.3. The lowest BCUT2D eigenvalue weighted by atomic mass is 9.85. The molecule has 0 aromatic heterocycles. The highest BCUT2D eigenvalue weighted by Crippen LogP contribution is 2.42. The molecule has 3 aliphatic rings. The molecule has 1 aromatic rings. The fraction of sp³-hybridized carbons (Fsp3) is 0.278. The zero-order valence-corrected chi connectivity index (χ0v) is 12.6. The van der Waals surface area contributed by atoms with Gasteiger partial charge in [0.25, 0.3) is 0 Å². The molecule has 1 aliphatic carbocycles. The summed E-state index contributed by atoms with van der Waals surface area (Å²) in [6.45, 7) is 0. The summed E-state index contributed by atoms with van der Waals surface area (Å²) in [7, 11) is 0. The van der Waals surface area contributed by atoms with Crippen molar-refractivity contribution < 1.29 is 0 Å². The van der Waals surface area contributed by atoms with Crippen molar-refractivity contribution >= 4 is 17.4 Å². The van der Waals surface area contributed by atoms with Gasteiger partial charge in [-0.2, -0.15) is 0 Å². The van der Waals surface area contributed by atoms with Crippen LogP contribution in [0.15, 0.2) is 65.0 Å². The molecule has 2 nitrogen and oxygen atoms in total. The number of hydrogen-bond acceptors (Lipinski definition) is 2. The second kappa shape index (κ2) is 5.19. The van der Waals surface area contributed by atoms with Crippen LogP contribution in [-0.2, 0) is 0 Å². The van der Waals surface area contributed by atoms with E-state index in [4.69, 9.17) is 16.6 Å². The average Bonchev–Trinajstić information content (AvgIpc) is 2.53. The molecule has 1 unspecified atom stereocenters. The molecule has 0 radical (unpaired) electrons. The third-order valence-electron chi connectivity index (χ3n) is 4.39. The van der Waals surface area contributed by atoms with Gasteiger partial charge in [-0.25, -0.2) is 4.99 Å². The SMILES string of the molecule is Clc1ccc(C2C3=C(CCCC3)N=C3C=CC=CN32)cc1. The molecular weight excluding hydrogens is 280 g/mol. The molecule has 1 aromatic carbocycles. The topological polar surface area (TPSA) is 15.6 Å².